The lowest BCUT2D eigenvalue weighted by molar-refractivity contribution is 0.954. The molecule has 0 saturated heterocycles. The summed E-state index contributed by atoms with van der Waals surface area (Å²) in [4.78, 5) is 15.4. The molecule has 0 radical (unpaired) electrons. The SMILES string of the molecule is c1ccc(-c2nc(-c3ccc4ccccc4c3)nc(-n3c4cccc5c4c4c(cccc43)-c3cccc4cccc-5c34)n2)cc1. The Morgan fingerprint density at radius 3 is 1.56 bits per heavy atom. The van der Waals surface area contributed by atoms with E-state index in [9.17, 15) is 0 Å². The summed E-state index contributed by atoms with van der Waals surface area (Å²) in [5.74, 6) is 1.90. The minimum Gasteiger partial charge on any atom is -0.278 e. The molecule has 2 aromatic heterocycles. The van der Waals surface area contributed by atoms with E-state index in [-0.39, 0.29) is 0 Å². The summed E-state index contributed by atoms with van der Waals surface area (Å²) >= 11 is 0. The van der Waals surface area contributed by atoms with Gasteiger partial charge in [0.05, 0.1) is 11.0 Å². The highest BCUT2D eigenvalue weighted by Gasteiger charge is 2.25. The van der Waals surface area contributed by atoms with Crippen LogP contribution in [0.5, 0.6) is 0 Å². The molecule has 0 bridgehead atoms. The molecule has 0 saturated carbocycles. The Hall–Kier alpha value is -6.13. The molecule has 1 aliphatic carbocycles. The van der Waals surface area contributed by atoms with Gasteiger partial charge >= 0.3 is 0 Å². The fraction of sp³-hybridized carbons (Fsp3) is 0. The predicted octanol–water partition coefficient (Wildman–Crippen LogP) is 10.3. The van der Waals surface area contributed by atoms with Gasteiger partial charge in [-0.1, -0.05) is 127 Å². The van der Waals surface area contributed by atoms with Crippen molar-refractivity contribution in [3.8, 4) is 51.0 Å². The number of nitrogens with zero attached hydrogens (tertiary/aromatic N) is 4. The molecule has 0 spiro atoms. The molecule has 4 heteroatoms. The summed E-state index contributed by atoms with van der Waals surface area (Å²) in [6, 6.07) is 51.4. The number of benzene rings is 7. The van der Waals surface area contributed by atoms with E-state index in [4.69, 9.17) is 15.0 Å². The number of hydrogen-bond acceptors (Lipinski definition) is 3. The third-order valence-electron chi connectivity index (χ3n) is 9.17. The molecule has 7 aromatic carbocycles. The second-order valence-corrected chi connectivity index (χ2v) is 11.7. The van der Waals surface area contributed by atoms with Gasteiger partial charge in [-0.2, -0.15) is 9.97 Å². The molecule has 0 fully saturated rings. The lowest BCUT2D eigenvalue weighted by atomic mass is 9.93. The number of fused-ring (bicyclic) bond motifs is 3. The van der Waals surface area contributed by atoms with Gasteiger partial charge in [-0.05, 0) is 62.0 Å². The minimum absolute atomic E-state index is 0.605. The van der Waals surface area contributed by atoms with Gasteiger partial charge in [-0.15, -0.1) is 0 Å². The Balaban J connectivity index is 1.32. The second kappa shape index (κ2) is 9.18. The van der Waals surface area contributed by atoms with Gasteiger partial charge < -0.3 is 0 Å². The quantitative estimate of drug-likeness (QED) is 0.212. The Bertz CT molecular complexity index is 2550. The number of rotatable bonds is 3. The van der Waals surface area contributed by atoms with Crippen LogP contribution in [0.2, 0.25) is 0 Å². The Kier molecular flexibility index (Phi) is 4.96. The van der Waals surface area contributed by atoms with Crippen molar-refractivity contribution in [2.75, 3.05) is 0 Å². The zero-order valence-corrected chi connectivity index (χ0v) is 24.1. The van der Waals surface area contributed by atoms with Crippen molar-refractivity contribution in [2.24, 2.45) is 0 Å². The maximum absolute atomic E-state index is 5.21. The van der Waals surface area contributed by atoms with E-state index in [0.29, 0.717) is 17.6 Å². The lowest BCUT2D eigenvalue weighted by Crippen LogP contribution is -2.06. The summed E-state index contributed by atoms with van der Waals surface area (Å²) in [7, 11) is 0. The van der Waals surface area contributed by atoms with Gasteiger partial charge in [0, 0.05) is 21.9 Å². The molecule has 45 heavy (non-hydrogen) atoms. The van der Waals surface area contributed by atoms with Crippen molar-refractivity contribution in [2.45, 2.75) is 0 Å². The number of aromatic nitrogens is 4. The topological polar surface area (TPSA) is 43.6 Å². The molecule has 10 rings (SSSR count). The van der Waals surface area contributed by atoms with Crippen molar-refractivity contribution in [1.29, 1.82) is 0 Å². The van der Waals surface area contributed by atoms with Crippen LogP contribution in [0, 0.1) is 0 Å². The van der Waals surface area contributed by atoms with Gasteiger partial charge in [0.2, 0.25) is 5.95 Å². The van der Waals surface area contributed by atoms with Crippen molar-refractivity contribution in [3.63, 3.8) is 0 Å². The van der Waals surface area contributed by atoms with Crippen LogP contribution in [0.3, 0.4) is 0 Å². The molecule has 0 atom stereocenters. The highest BCUT2D eigenvalue weighted by molar-refractivity contribution is 6.27. The molecule has 2 heterocycles. The first-order valence-electron chi connectivity index (χ1n) is 15.2. The van der Waals surface area contributed by atoms with E-state index in [0.717, 1.165) is 27.5 Å². The van der Waals surface area contributed by atoms with Crippen LogP contribution in [0.15, 0.2) is 146 Å². The van der Waals surface area contributed by atoms with Gasteiger partial charge in [-0.3, -0.25) is 4.57 Å². The van der Waals surface area contributed by atoms with E-state index in [1.54, 1.807) is 0 Å². The minimum atomic E-state index is 0.605. The summed E-state index contributed by atoms with van der Waals surface area (Å²) < 4.78 is 2.23. The largest absolute Gasteiger partial charge is 0.278 e. The first kappa shape index (κ1) is 24.3. The van der Waals surface area contributed by atoms with Crippen LogP contribution in [-0.4, -0.2) is 19.5 Å². The average Bonchev–Trinajstić information content (AvgIpc) is 3.39. The maximum atomic E-state index is 5.21. The van der Waals surface area contributed by atoms with E-state index in [2.05, 4.69) is 132 Å². The van der Waals surface area contributed by atoms with Crippen molar-refractivity contribution in [1.82, 2.24) is 19.5 Å². The van der Waals surface area contributed by atoms with Crippen molar-refractivity contribution in [3.05, 3.63) is 146 Å². The first-order chi connectivity index (χ1) is 22.3. The molecule has 1 aliphatic rings. The van der Waals surface area contributed by atoms with Gasteiger partial charge in [0.25, 0.3) is 0 Å². The summed E-state index contributed by atoms with van der Waals surface area (Å²) in [5, 5.41) is 7.33. The van der Waals surface area contributed by atoms with Crippen LogP contribution in [0.4, 0.5) is 0 Å². The van der Waals surface area contributed by atoms with Crippen LogP contribution >= 0.6 is 0 Å². The second-order valence-electron chi connectivity index (χ2n) is 11.7. The molecule has 9 aromatic rings. The molecular weight excluding hydrogens is 548 g/mol. The molecular formula is C41H24N4. The lowest BCUT2D eigenvalue weighted by Gasteiger charge is -2.14. The van der Waals surface area contributed by atoms with E-state index in [1.807, 2.05) is 18.2 Å². The zero-order chi connectivity index (χ0) is 29.5. The number of hydrogen-bond donors (Lipinski definition) is 0. The highest BCUT2D eigenvalue weighted by atomic mass is 15.2. The average molecular weight is 573 g/mol. The standard InChI is InChI=1S/C41H24N4/c1-2-11-27(12-3-1)39-42-40(29-23-22-25-10-4-5-13-28(25)24-29)44-41(43-39)45-34-20-8-18-32-30-16-6-14-26-15-7-17-31(36(26)30)33-19-9-21-35(45)38(33)37(32)34/h1-24H. The summed E-state index contributed by atoms with van der Waals surface area (Å²) in [5.41, 5.74) is 9.02. The van der Waals surface area contributed by atoms with Crippen molar-refractivity contribution < 1.29 is 0 Å². The van der Waals surface area contributed by atoms with E-state index >= 15 is 0 Å². The van der Waals surface area contributed by atoms with Gasteiger partial charge in [0.15, 0.2) is 11.6 Å². The Morgan fingerprint density at radius 2 is 0.889 bits per heavy atom. The highest BCUT2D eigenvalue weighted by Crippen LogP contribution is 2.49. The van der Waals surface area contributed by atoms with E-state index < -0.39 is 0 Å². The molecule has 208 valence electrons. The normalized spacial score (nSPS) is 12.0. The molecule has 0 aliphatic heterocycles. The Morgan fingerprint density at radius 1 is 0.356 bits per heavy atom. The fourth-order valence-electron chi connectivity index (χ4n) is 7.20. The smallest absolute Gasteiger partial charge is 0.238 e. The summed E-state index contributed by atoms with van der Waals surface area (Å²) in [6.45, 7) is 0. The third kappa shape index (κ3) is 3.51. The molecule has 0 N–H and O–H groups in total. The van der Waals surface area contributed by atoms with Crippen LogP contribution in [0.1, 0.15) is 0 Å². The van der Waals surface area contributed by atoms with Crippen molar-refractivity contribution >= 4 is 43.4 Å². The van der Waals surface area contributed by atoms with Crippen LogP contribution in [0.25, 0.3) is 94.3 Å². The Labute approximate surface area is 258 Å². The zero-order valence-electron chi connectivity index (χ0n) is 24.1. The third-order valence-corrected chi connectivity index (χ3v) is 9.17. The predicted molar refractivity (Wildman–Crippen MR) is 184 cm³/mol. The first-order valence-corrected chi connectivity index (χ1v) is 15.2. The molecule has 0 amide bonds. The summed E-state index contributed by atoms with van der Waals surface area (Å²) in [6.07, 6.45) is 0. The monoisotopic (exact) mass is 572 g/mol. The van der Waals surface area contributed by atoms with Crippen LogP contribution < -0.4 is 0 Å². The molecule has 4 nitrogen and oxygen atoms in total. The fourth-order valence-corrected chi connectivity index (χ4v) is 7.20. The molecule has 0 unspecified atom stereocenters. The van der Waals surface area contributed by atoms with Gasteiger partial charge in [-0.25, -0.2) is 4.98 Å². The van der Waals surface area contributed by atoms with Gasteiger partial charge in [0.1, 0.15) is 0 Å². The van der Waals surface area contributed by atoms with Crippen LogP contribution in [-0.2, 0) is 0 Å². The maximum Gasteiger partial charge on any atom is 0.238 e. The van der Waals surface area contributed by atoms with E-state index in [1.165, 1.54) is 49.2 Å².